The summed E-state index contributed by atoms with van der Waals surface area (Å²) >= 11 is 0. The third kappa shape index (κ3) is 3.76. The first kappa shape index (κ1) is 9.05. The van der Waals surface area contributed by atoms with Crippen LogP contribution >= 0.6 is 0 Å². The molecule has 0 heterocycles. The van der Waals surface area contributed by atoms with Gasteiger partial charge in [0.25, 0.3) is 0 Å². The Morgan fingerprint density at radius 1 is 1.09 bits per heavy atom. The van der Waals surface area contributed by atoms with E-state index in [2.05, 4.69) is 18.7 Å². The Kier molecular flexibility index (Phi) is 3.92. The lowest BCUT2D eigenvalue weighted by Gasteiger charge is -2.20. The van der Waals surface area contributed by atoms with Gasteiger partial charge in [0.1, 0.15) is 0 Å². The van der Waals surface area contributed by atoms with Gasteiger partial charge in [0.2, 0.25) is 0 Å². The summed E-state index contributed by atoms with van der Waals surface area (Å²) in [7, 11) is 0. The van der Waals surface area contributed by atoms with Crippen LogP contribution in [-0.2, 0) is 0 Å². The van der Waals surface area contributed by atoms with Crippen molar-refractivity contribution in [2.24, 2.45) is 5.92 Å². The van der Waals surface area contributed by atoms with Crippen molar-refractivity contribution in [1.29, 1.82) is 0 Å². The zero-order valence-corrected chi connectivity index (χ0v) is 7.97. The van der Waals surface area contributed by atoms with Crippen molar-refractivity contribution in [2.45, 2.75) is 39.5 Å². The van der Waals surface area contributed by atoms with Crippen LogP contribution < -0.4 is 0 Å². The second-order valence-electron chi connectivity index (χ2n) is 3.74. The van der Waals surface area contributed by atoms with E-state index in [4.69, 9.17) is 0 Å². The Balaban J connectivity index is 2.08. The molecule has 0 aromatic carbocycles. The van der Waals surface area contributed by atoms with Gasteiger partial charge in [-0.2, -0.15) is 0 Å². The topological polar surface area (TPSA) is 3.24 Å². The van der Waals surface area contributed by atoms with Crippen LogP contribution in [0.2, 0.25) is 0 Å². The Morgan fingerprint density at radius 3 is 2.00 bits per heavy atom. The van der Waals surface area contributed by atoms with E-state index in [0.717, 1.165) is 5.92 Å². The normalized spacial score (nSPS) is 17.7. The van der Waals surface area contributed by atoms with Crippen LogP contribution in [0.1, 0.15) is 39.5 Å². The molecule has 0 radical (unpaired) electrons. The van der Waals surface area contributed by atoms with E-state index in [9.17, 15) is 0 Å². The van der Waals surface area contributed by atoms with Crippen LogP contribution in [0.15, 0.2) is 0 Å². The maximum absolute atomic E-state index is 2.62. The molecular weight excluding hydrogens is 134 g/mol. The third-order valence-electron chi connectivity index (χ3n) is 2.29. The molecule has 66 valence electrons. The van der Waals surface area contributed by atoms with Crippen molar-refractivity contribution in [1.82, 2.24) is 4.90 Å². The molecule has 0 aromatic heterocycles. The van der Waals surface area contributed by atoms with Gasteiger partial charge in [0, 0.05) is 6.54 Å². The molecule has 0 aromatic rings. The van der Waals surface area contributed by atoms with Crippen molar-refractivity contribution in [3.63, 3.8) is 0 Å². The van der Waals surface area contributed by atoms with Gasteiger partial charge in [-0.3, -0.25) is 0 Å². The molecule has 0 atom stereocenters. The average Bonchev–Trinajstić information content (AvgIpc) is 2.73. The number of hydrogen-bond acceptors (Lipinski definition) is 1. The Morgan fingerprint density at radius 2 is 1.64 bits per heavy atom. The minimum absolute atomic E-state index is 1.06. The first-order chi connectivity index (χ1) is 5.36. The predicted molar refractivity (Wildman–Crippen MR) is 49.7 cm³/mol. The third-order valence-corrected chi connectivity index (χ3v) is 2.29. The molecule has 0 unspecified atom stereocenters. The van der Waals surface area contributed by atoms with Gasteiger partial charge in [-0.15, -0.1) is 0 Å². The SMILES string of the molecule is CCCN(CCC)CC1CC1. The molecule has 1 saturated carbocycles. The Hall–Kier alpha value is -0.0400. The lowest BCUT2D eigenvalue weighted by Crippen LogP contribution is -2.27. The number of rotatable bonds is 6. The molecular formula is C10H21N. The smallest absolute Gasteiger partial charge is 0.000965 e. The van der Waals surface area contributed by atoms with E-state index in [-0.39, 0.29) is 0 Å². The molecule has 1 fully saturated rings. The fourth-order valence-corrected chi connectivity index (χ4v) is 1.59. The molecule has 1 aliphatic carbocycles. The lowest BCUT2D eigenvalue weighted by molar-refractivity contribution is 0.264. The summed E-state index contributed by atoms with van der Waals surface area (Å²) in [6.07, 6.45) is 5.60. The van der Waals surface area contributed by atoms with Crippen LogP contribution in [0.25, 0.3) is 0 Å². The largest absolute Gasteiger partial charge is 0.303 e. The number of nitrogens with zero attached hydrogens (tertiary/aromatic N) is 1. The van der Waals surface area contributed by atoms with E-state index in [1.165, 1.54) is 45.3 Å². The Labute approximate surface area is 70.8 Å². The van der Waals surface area contributed by atoms with Gasteiger partial charge >= 0.3 is 0 Å². The second-order valence-corrected chi connectivity index (χ2v) is 3.74. The van der Waals surface area contributed by atoms with Gasteiger partial charge in [0.15, 0.2) is 0 Å². The first-order valence-corrected chi connectivity index (χ1v) is 5.09. The average molecular weight is 155 g/mol. The molecule has 0 aliphatic heterocycles. The van der Waals surface area contributed by atoms with Gasteiger partial charge in [-0.1, -0.05) is 13.8 Å². The van der Waals surface area contributed by atoms with E-state index >= 15 is 0 Å². The molecule has 0 amide bonds. The minimum Gasteiger partial charge on any atom is -0.303 e. The maximum Gasteiger partial charge on any atom is 0.000965 e. The molecule has 11 heavy (non-hydrogen) atoms. The zero-order chi connectivity index (χ0) is 8.10. The highest BCUT2D eigenvalue weighted by Crippen LogP contribution is 2.29. The molecule has 1 nitrogen and oxygen atoms in total. The van der Waals surface area contributed by atoms with E-state index in [1.807, 2.05) is 0 Å². The van der Waals surface area contributed by atoms with Gasteiger partial charge in [-0.05, 0) is 44.7 Å². The zero-order valence-electron chi connectivity index (χ0n) is 7.97. The van der Waals surface area contributed by atoms with Crippen molar-refractivity contribution < 1.29 is 0 Å². The van der Waals surface area contributed by atoms with Crippen molar-refractivity contribution >= 4 is 0 Å². The van der Waals surface area contributed by atoms with E-state index in [1.54, 1.807) is 0 Å². The van der Waals surface area contributed by atoms with E-state index in [0.29, 0.717) is 0 Å². The Bertz CT molecular complexity index is 91.0. The fraction of sp³-hybridized carbons (Fsp3) is 1.00. The standard InChI is InChI=1S/C10H21N/c1-3-7-11(8-4-2)9-10-5-6-10/h10H,3-9H2,1-2H3. The van der Waals surface area contributed by atoms with Crippen LogP contribution in [0.4, 0.5) is 0 Å². The highest BCUT2D eigenvalue weighted by molar-refractivity contribution is 4.76. The summed E-state index contributed by atoms with van der Waals surface area (Å²) < 4.78 is 0. The summed E-state index contributed by atoms with van der Waals surface area (Å²) in [6, 6.07) is 0. The van der Waals surface area contributed by atoms with Crippen molar-refractivity contribution in [2.75, 3.05) is 19.6 Å². The van der Waals surface area contributed by atoms with Crippen molar-refractivity contribution in [3.8, 4) is 0 Å². The van der Waals surface area contributed by atoms with Crippen LogP contribution in [0.3, 0.4) is 0 Å². The van der Waals surface area contributed by atoms with Gasteiger partial charge in [0.05, 0.1) is 0 Å². The summed E-state index contributed by atoms with van der Waals surface area (Å²) in [6.45, 7) is 8.54. The summed E-state index contributed by atoms with van der Waals surface area (Å²) in [5.74, 6) is 1.06. The molecule has 0 bridgehead atoms. The summed E-state index contributed by atoms with van der Waals surface area (Å²) in [4.78, 5) is 2.62. The van der Waals surface area contributed by atoms with Gasteiger partial charge < -0.3 is 4.90 Å². The lowest BCUT2D eigenvalue weighted by atomic mass is 10.3. The van der Waals surface area contributed by atoms with Crippen LogP contribution in [-0.4, -0.2) is 24.5 Å². The molecule has 0 saturated heterocycles. The minimum atomic E-state index is 1.06. The first-order valence-electron chi connectivity index (χ1n) is 5.09. The highest BCUT2D eigenvalue weighted by Gasteiger charge is 2.23. The fourth-order valence-electron chi connectivity index (χ4n) is 1.59. The monoisotopic (exact) mass is 155 g/mol. The molecule has 1 heteroatoms. The van der Waals surface area contributed by atoms with Crippen LogP contribution in [0, 0.1) is 5.92 Å². The van der Waals surface area contributed by atoms with Gasteiger partial charge in [-0.25, -0.2) is 0 Å². The van der Waals surface area contributed by atoms with E-state index < -0.39 is 0 Å². The van der Waals surface area contributed by atoms with Crippen molar-refractivity contribution in [3.05, 3.63) is 0 Å². The summed E-state index contributed by atoms with van der Waals surface area (Å²) in [5.41, 5.74) is 0. The predicted octanol–water partition coefficient (Wildman–Crippen LogP) is 2.52. The van der Waals surface area contributed by atoms with Crippen LogP contribution in [0.5, 0.6) is 0 Å². The molecule has 1 aliphatic rings. The molecule has 1 rings (SSSR count). The summed E-state index contributed by atoms with van der Waals surface area (Å²) in [5, 5.41) is 0. The molecule has 0 spiro atoms. The maximum atomic E-state index is 2.62. The highest BCUT2D eigenvalue weighted by atomic mass is 15.1. The quantitative estimate of drug-likeness (QED) is 0.569. The second kappa shape index (κ2) is 4.76. The molecule has 0 N–H and O–H groups in total. The number of hydrogen-bond donors (Lipinski definition) is 0.